The molecule has 1 aliphatic heterocycles. The molecule has 1 atom stereocenters. The van der Waals surface area contributed by atoms with Crippen molar-refractivity contribution in [1.82, 2.24) is 14.9 Å². The van der Waals surface area contributed by atoms with Gasteiger partial charge in [-0.05, 0) is 50.3 Å². The number of aromatic nitrogens is 2. The van der Waals surface area contributed by atoms with Crippen molar-refractivity contribution in [2.24, 2.45) is 5.92 Å². The van der Waals surface area contributed by atoms with Crippen molar-refractivity contribution in [2.75, 3.05) is 43.4 Å². The molecular formula is C18H25N5S. The monoisotopic (exact) mass is 343 g/mol. The molecule has 2 aromatic heterocycles. The molecule has 1 aliphatic carbocycles. The number of nitrogens with two attached hydrogens (primary N) is 1. The molecule has 0 saturated carbocycles. The zero-order chi connectivity index (χ0) is 16.4. The molecule has 1 unspecified atom stereocenters. The molecular weight excluding hydrogens is 318 g/mol. The number of fused-ring (bicyclic) bond motifs is 1. The molecule has 0 amide bonds. The molecule has 5 nitrogen and oxygen atoms in total. The van der Waals surface area contributed by atoms with Gasteiger partial charge in [0.2, 0.25) is 0 Å². The summed E-state index contributed by atoms with van der Waals surface area (Å²) in [6, 6.07) is 6.15. The molecule has 4 rings (SSSR count). The molecule has 24 heavy (non-hydrogen) atoms. The first-order valence-corrected chi connectivity index (χ1v) is 9.72. The standard InChI is InChI=1S/C18H25N5S/c19-18-21-15-13-14(4-5-16(15)24-18)6-8-22-9-11-23(12-10-22)17-3-1-2-7-20-17/h1-3,7,14H,4-6,8-13H2,(H2,19,21). The van der Waals surface area contributed by atoms with Crippen molar-refractivity contribution in [3.63, 3.8) is 0 Å². The molecule has 2 aliphatic rings. The zero-order valence-corrected chi connectivity index (χ0v) is 14.8. The molecule has 0 aromatic carbocycles. The maximum Gasteiger partial charge on any atom is 0.180 e. The van der Waals surface area contributed by atoms with Gasteiger partial charge in [-0.15, -0.1) is 11.3 Å². The molecule has 1 saturated heterocycles. The lowest BCUT2D eigenvalue weighted by Crippen LogP contribution is -2.47. The van der Waals surface area contributed by atoms with E-state index in [2.05, 4.69) is 31.9 Å². The summed E-state index contributed by atoms with van der Waals surface area (Å²) in [4.78, 5) is 15.4. The number of hydrogen-bond acceptors (Lipinski definition) is 6. The van der Waals surface area contributed by atoms with Gasteiger partial charge in [0.15, 0.2) is 5.13 Å². The number of nitrogens with zero attached hydrogens (tertiary/aromatic N) is 4. The minimum Gasteiger partial charge on any atom is -0.375 e. The van der Waals surface area contributed by atoms with Crippen molar-refractivity contribution in [1.29, 1.82) is 0 Å². The Balaban J connectivity index is 1.24. The smallest absolute Gasteiger partial charge is 0.180 e. The lowest BCUT2D eigenvalue weighted by molar-refractivity contribution is 0.232. The third-order valence-corrected chi connectivity index (χ3v) is 6.24. The summed E-state index contributed by atoms with van der Waals surface area (Å²) in [5.74, 6) is 1.88. The van der Waals surface area contributed by atoms with Crippen LogP contribution in [0.1, 0.15) is 23.4 Å². The van der Waals surface area contributed by atoms with E-state index in [1.165, 1.54) is 36.4 Å². The van der Waals surface area contributed by atoms with Crippen LogP contribution in [0.15, 0.2) is 24.4 Å². The number of hydrogen-bond donors (Lipinski definition) is 1. The average molecular weight is 344 g/mol. The Labute approximate surface area is 147 Å². The van der Waals surface area contributed by atoms with E-state index in [1.807, 2.05) is 12.3 Å². The van der Waals surface area contributed by atoms with Crippen molar-refractivity contribution < 1.29 is 0 Å². The quantitative estimate of drug-likeness (QED) is 0.924. The minimum absolute atomic E-state index is 0.742. The third kappa shape index (κ3) is 3.54. The molecule has 2 aromatic rings. The van der Waals surface area contributed by atoms with Crippen LogP contribution in [-0.4, -0.2) is 47.6 Å². The summed E-state index contributed by atoms with van der Waals surface area (Å²) in [6.07, 6.45) is 6.74. The Morgan fingerprint density at radius 3 is 2.88 bits per heavy atom. The van der Waals surface area contributed by atoms with Gasteiger partial charge in [0.1, 0.15) is 5.82 Å². The van der Waals surface area contributed by atoms with E-state index in [4.69, 9.17) is 5.73 Å². The first-order chi connectivity index (χ1) is 11.8. The SMILES string of the molecule is Nc1nc2c(s1)CCC(CCN1CCN(c3ccccn3)CC1)C2. The third-order valence-electron chi connectivity index (χ3n) is 5.26. The van der Waals surface area contributed by atoms with Crippen molar-refractivity contribution >= 4 is 22.3 Å². The van der Waals surface area contributed by atoms with Crippen molar-refractivity contribution in [3.8, 4) is 0 Å². The normalized spacial score (nSPS) is 21.7. The van der Waals surface area contributed by atoms with Gasteiger partial charge in [-0.3, -0.25) is 4.90 Å². The molecule has 0 spiro atoms. The fourth-order valence-corrected chi connectivity index (χ4v) is 4.70. The number of aryl methyl sites for hydroxylation is 1. The van der Waals surface area contributed by atoms with Crippen LogP contribution in [0.2, 0.25) is 0 Å². The number of nitrogen functional groups attached to an aromatic ring is 1. The van der Waals surface area contributed by atoms with Gasteiger partial charge in [0, 0.05) is 37.3 Å². The van der Waals surface area contributed by atoms with Gasteiger partial charge in [-0.1, -0.05) is 6.07 Å². The largest absolute Gasteiger partial charge is 0.375 e. The van der Waals surface area contributed by atoms with Crippen LogP contribution < -0.4 is 10.6 Å². The van der Waals surface area contributed by atoms with Gasteiger partial charge < -0.3 is 10.6 Å². The summed E-state index contributed by atoms with van der Waals surface area (Å²) in [5, 5.41) is 0.742. The summed E-state index contributed by atoms with van der Waals surface area (Å²) in [6.45, 7) is 5.63. The maximum absolute atomic E-state index is 5.85. The highest BCUT2D eigenvalue weighted by Gasteiger charge is 2.24. The number of anilines is 2. The topological polar surface area (TPSA) is 58.3 Å². The van der Waals surface area contributed by atoms with E-state index in [0.717, 1.165) is 49.5 Å². The van der Waals surface area contributed by atoms with Crippen LogP contribution in [0.4, 0.5) is 10.9 Å². The van der Waals surface area contributed by atoms with Crippen LogP contribution in [-0.2, 0) is 12.8 Å². The Kier molecular flexibility index (Phi) is 4.67. The molecule has 1 fully saturated rings. The van der Waals surface area contributed by atoms with Gasteiger partial charge in [-0.25, -0.2) is 9.97 Å². The molecule has 0 bridgehead atoms. The van der Waals surface area contributed by atoms with Crippen molar-refractivity contribution in [3.05, 3.63) is 35.0 Å². The van der Waals surface area contributed by atoms with E-state index < -0.39 is 0 Å². The average Bonchev–Trinajstić information content (AvgIpc) is 3.00. The number of rotatable bonds is 4. The zero-order valence-electron chi connectivity index (χ0n) is 14.0. The lowest BCUT2D eigenvalue weighted by Gasteiger charge is -2.36. The molecule has 128 valence electrons. The number of pyridine rings is 1. The molecule has 3 heterocycles. The van der Waals surface area contributed by atoms with Crippen LogP contribution >= 0.6 is 11.3 Å². The first kappa shape index (κ1) is 15.8. The summed E-state index contributed by atoms with van der Waals surface area (Å²) >= 11 is 1.68. The lowest BCUT2D eigenvalue weighted by atomic mass is 9.88. The highest BCUT2D eigenvalue weighted by atomic mass is 32.1. The summed E-state index contributed by atoms with van der Waals surface area (Å²) in [7, 11) is 0. The van der Waals surface area contributed by atoms with Crippen LogP contribution in [0.25, 0.3) is 0 Å². The van der Waals surface area contributed by atoms with Gasteiger partial charge in [0.05, 0.1) is 5.69 Å². The summed E-state index contributed by atoms with van der Waals surface area (Å²) < 4.78 is 0. The van der Waals surface area contributed by atoms with Crippen molar-refractivity contribution in [2.45, 2.75) is 25.7 Å². The predicted octanol–water partition coefficient (Wildman–Crippen LogP) is 2.44. The highest BCUT2D eigenvalue weighted by Crippen LogP contribution is 2.32. The minimum atomic E-state index is 0.742. The highest BCUT2D eigenvalue weighted by molar-refractivity contribution is 7.15. The van der Waals surface area contributed by atoms with Gasteiger partial charge >= 0.3 is 0 Å². The second kappa shape index (κ2) is 7.07. The van der Waals surface area contributed by atoms with Crippen LogP contribution in [0.5, 0.6) is 0 Å². The maximum atomic E-state index is 5.85. The molecule has 6 heteroatoms. The number of piperazine rings is 1. The second-order valence-corrected chi connectivity index (χ2v) is 7.95. The molecule has 2 N–H and O–H groups in total. The van der Waals surface area contributed by atoms with Crippen LogP contribution in [0, 0.1) is 5.92 Å². The predicted molar refractivity (Wildman–Crippen MR) is 99.5 cm³/mol. The fourth-order valence-electron chi connectivity index (χ4n) is 3.82. The fraction of sp³-hybridized carbons (Fsp3) is 0.556. The Bertz CT molecular complexity index is 663. The van der Waals surface area contributed by atoms with Gasteiger partial charge in [-0.2, -0.15) is 0 Å². The Hall–Kier alpha value is -1.66. The van der Waals surface area contributed by atoms with E-state index in [1.54, 1.807) is 11.3 Å². The van der Waals surface area contributed by atoms with Gasteiger partial charge in [0.25, 0.3) is 0 Å². The van der Waals surface area contributed by atoms with E-state index >= 15 is 0 Å². The van der Waals surface area contributed by atoms with E-state index in [-0.39, 0.29) is 0 Å². The van der Waals surface area contributed by atoms with E-state index in [0.29, 0.717) is 0 Å². The number of thiazole rings is 1. The van der Waals surface area contributed by atoms with Crippen LogP contribution in [0.3, 0.4) is 0 Å². The summed E-state index contributed by atoms with van der Waals surface area (Å²) in [5.41, 5.74) is 7.12. The second-order valence-electron chi connectivity index (χ2n) is 6.84. The Morgan fingerprint density at radius 1 is 1.21 bits per heavy atom. The molecule has 0 radical (unpaired) electrons. The Morgan fingerprint density at radius 2 is 2.08 bits per heavy atom. The van der Waals surface area contributed by atoms with E-state index in [9.17, 15) is 0 Å². The first-order valence-electron chi connectivity index (χ1n) is 8.90.